The lowest BCUT2D eigenvalue weighted by molar-refractivity contribution is 0.0940. The van der Waals surface area contributed by atoms with Crippen LogP contribution in [0.3, 0.4) is 0 Å². The lowest BCUT2D eigenvalue weighted by Gasteiger charge is -2.16. The molecule has 1 atom stereocenters. The minimum Gasteiger partial charge on any atom is -0.497 e. The maximum absolute atomic E-state index is 12.2. The summed E-state index contributed by atoms with van der Waals surface area (Å²) >= 11 is 12.0. The number of halogens is 2. The molecule has 1 unspecified atom stereocenters. The van der Waals surface area contributed by atoms with E-state index in [1.165, 1.54) is 0 Å². The summed E-state index contributed by atoms with van der Waals surface area (Å²) in [7, 11) is 1.58. The van der Waals surface area contributed by atoms with Gasteiger partial charge in [-0.05, 0) is 48.9 Å². The van der Waals surface area contributed by atoms with Crippen molar-refractivity contribution in [2.45, 2.75) is 13.0 Å². The van der Waals surface area contributed by atoms with E-state index in [0.29, 0.717) is 21.4 Å². The minimum absolute atomic E-state index is 0.170. The predicted molar refractivity (Wildman–Crippen MR) is 85.3 cm³/mol. The van der Waals surface area contributed by atoms with Gasteiger partial charge in [-0.2, -0.15) is 0 Å². The van der Waals surface area contributed by atoms with Gasteiger partial charge in [0.15, 0.2) is 0 Å². The van der Waals surface area contributed by atoms with Gasteiger partial charge in [-0.1, -0.05) is 29.3 Å². The zero-order valence-electron chi connectivity index (χ0n) is 11.7. The number of amides is 1. The fraction of sp³-hybridized carbons (Fsp3) is 0.188. The average Bonchev–Trinajstić information content (AvgIpc) is 2.47. The van der Waals surface area contributed by atoms with E-state index >= 15 is 0 Å². The minimum atomic E-state index is -0.218. The van der Waals surface area contributed by atoms with E-state index in [4.69, 9.17) is 27.9 Å². The first kappa shape index (κ1) is 15.7. The van der Waals surface area contributed by atoms with E-state index in [-0.39, 0.29) is 11.9 Å². The van der Waals surface area contributed by atoms with E-state index in [1.54, 1.807) is 43.5 Å². The SMILES string of the molecule is COc1ccc(C(=O)NC(C)c2ccc(Cl)cc2Cl)cc1. The van der Waals surface area contributed by atoms with Crippen LogP contribution in [0.4, 0.5) is 0 Å². The van der Waals surface area contributed by atoms with Crippen molar-refractivity contribution in [3.63, 3.8) is 0 Å². The lowest BCUT2D eigenvalue weighted by atomic mass is 10.1. The number of carbonyl (C=O) groups excluding carboxylic acids is 1. The van der Waals surface area contributed by atoms with Gasteiger partial charge in [0.2, 0.25) is 0 Å². The standard InChI is InChI=1S/C16H15Cl2NO2/c1-10(14-8-5-12(17)9-15(14)18)19-16(20)11-3-6-13(21-2)7-4-11/h3-10H,1-2H3,(H,19,20). The molecule has 110 valence electrons. The molecule has 0 aliphatic carbocycles. The van der Waals surface area contributed by atoms with Crippen LogP contribution in [0.15, 0.2) is 42.5 Å². The smallest absolute Gasteiger partial charge is 0.251 e. The zero-order chi connectivity index (χ0) is 15.4. The third-order valence-corrected chi connectivity index (χ3v) is 3.69. The van der Waals surface area contributed by atoms with E-state index in [9.17, 15) is 4.79 Å². The van der Waals surface area contributed by atoms with Gasteiger partial charge < -0.3 is 10.1 Å². The highest BCUT2D eigenvalue weighted by Gasteiger charge is 2.14. The summed E-state index contributed by atoms with van der Waals surface area (Å²) in [5.74, 6) is 0.538. The summed E-state index contributed by atoms with van der Waals surface area (Å²) in [4.78, 5) is 12.2. The molecule has 3 nitrogen and oxygen atoms in total. The highest BCUT2D eigenvalue weighted by atomic mass is 35.5. The number of rotatable bonds is 4. The van der Waals surface area contributed by atoms with Crippen LogP contribution < -0.4 is 10.1 Å². The Morgan fingerprint density at radius 1 is 1.14 bits per heavy atom. The number of hydrogen-bond donors (Lipinski definition) is 1. The second kappa shape index (κ2) is 6.83. The lowest BCUT2D eigenvalue weighted by Crippen LogP contribution is -2.26. The first-order chi connectivity index (χ1) is 10.0. The largest absolute Gasteiger partial charge is 0.497 e. The van der Waals surface area contributed by atoms with Gasteiger partial charge in [0.1, 0.15) is 5.75 Å². The van der Waals surface area contributed by atoms with Crippen molar-refractivity contribution in [3.8, 4) is 5.75 Å². The van der Waals surface area contributed by atoms with Crippen molar-refractivity contribution in [2.75, 3.05) is 7.11 Å². The predicted octanol–water partition coefficient (Wildman–Crippen LogP) is 4.49. The van der Waals surface area contributed by atoms with Crippen LogP contribution in [0.1, 0.15) is 28.9 Å². The Kier molecular flexibility index (Phi) is 5.10. The molecular weight excluding hydrogens is 309 g/mol. The molecule has 21 heavy (non-hydrogen) atoms. The monoisotopic (exact) mass is 323 g/mol. The van der Waals surface area contributed by atoms with Crippen LogP contribution >= 0.6 is 23.2 Å². The van der Waals surface area contributed by atoms with Crippen LogP contribution in [-0.2, 0) is 0 Å². The summed E-state index contributed by atoms with van der Waals surface area (Å²) < 4.78 is 5.06. The number of ether oxygens (including phenoxy) is 1. The topological polar surface area (TPSA) is 38.3 Å². The first-order valence-corrected chi connectivity index (χ1v) is 7.16. The number of nitrogens with one attached hydrogen (secondary N) is 1. The van der Waals surface area contributed by atoms with Crippen LogP contribution in [0.5, 0.6) is 5.75 Å². The van der Waals surface area contributed by atoms with Gasteiger partial charge >= 0.3 is 0 Å². The van der Waals surface area contributed by atoms with Gasteiger partial charge in [0.25, 0.3) is 5.91 Å². The van der Waals surface area contributed by atoms with Crippen molar-refractivity contribution in [1.82, 2.24) is 5.32 Å². The molecule has 0 fully saturated rings. The number of hydrogen-bond acceptors (Lipinski definition) is 2. The van der Waals surface area contributed by atoms with Gasteiger partial charge in [-0.25, -0.2) is 0 Å². The molecule has 2 aromatic carbocycles. The fourth-order valence-electron chi connectivity index (χ4n) is 1.95. The summed E-state index contributed by atoms with van der Waals surface area (Å²) in [6, 6.07) is 11.9. The average molecular weight is 324 g/mol. The van der Waals surface area contributed by atoms with Gasteiger partial charge in [-0.3, -0.25) is 4.79 Å². The normalized spacial score (nSPS) is 11.8. The number of benzene rings is 2. The van der Waals surface area contributed by atoms with Gasteiger partial charge in [0, 0.05) is 15.6 Å². The highest BCUT2D eigenvalue weighted by Crippen LogP contribution is 2.26. The van der Waals surface area contributed by atoms with Gasteiger partial charge in [0.05, 0.1) is 13.2 Å². The summed E-state index contributed by atoms with van der Waals surface area (Å²) in [6.45, 7) is 1.87. The van der Waals surface area contributed by atoms with Crippen molar-refractivity contribution in [3.05, 3.63) is 63.6 Å². The van der Waals surface area contributed by atoms with E-state index < -0.39 is 0 Å². The van der Waals surface area contributed by atoms with E-state index in [1.807, 2.05) is 13.0 Å². The maximum Gasteiger partial charge on any atom is 0.251 e. The van der Waals surface area contributed by atoms with Crippen molar-refractivity contribution < 1.29 is 9.53 Å². The van der Waals surface area contributed by atoms with E-state index in [2.05, 4.69) is 5.32 Å². The molecule has 0 saturated heterocycles. The Morgan fingerprint density at radius 2 is 1.81 bits per heavy atom. The summed E-state index contributed by atoms with van der Waals surface area (Å²) in [5.41, 5.74) is 1.38. The van der Waals surface area contributed by atoms with Crippen molar-refractivity contribution in [1.29, 1.82) is 0 Å². The van der Waals surface area contributed by atoms with Crippen molar-refractivity contribution >= 4 is 29.1 Å². The molecule has 0 saturated carbocycles. The molecule has 1 N–H and O–H groups in total. The molecule has 0 bridgehead atoms. The Hall–Kier alpha value is -1.71. The summed E-state index contributed by atoms with van der Waals surface area (Å²) in [6.07, 6.45) is 0. The fourth-order valence-corrected chi connectivity index (χ4v) is 2.52. The molecule has 5 heteroatoms. The van der Waals surface area contributed by atoms with Crippen LogP contribution in [0.2, 0.25) is 10.0 Å². The quantitative estimate of drug-likeness (QED) is 0.900. The maximum atomic E-state index is 12.2. The molecular formula is C16H15Cl2NO2. The molecule has 0 aliphatic heterocycles. The van der Waals surface area contributed by atoms with Crippen LogP contribution in [0.25, 0.3) is 0 Å². The zero-order valence-corrected chi connectivity index (χ0v) is 13.2. The second-order valence-corrected chi connectivity index (χ2v) is 5.43. The number of methoxy groups -OCH3 is 1. The molecule has 0 heterocycles. The first-order valence-electron chi connectivity index (χ1n) is 6.41. The molecule has 0 aromatic heterocycles. The number of carbonyl (C=O) groups is 1. The third kappa shape index (κ3) is 3.90. The Bertz CT molecular complexity index is 641. The third-order valence-electron chi connectivity index (χ3n) is 3.13. The molecule has 2 rings (SSSR count). The van der Waals surface area contributed by atoms with Crippen LogP contribution in [0, 0.1) is 0 Å². The van der Waals surface area contributed by atoms with Crippen LogP contribution in [-0.4, -0.2) is 13.0 Å². The Balaban J connectivity index is 2.10. The molecule has 0 spiro atoms. The van der Waals surface area contributed by atoms with E-state index in [0.717, 1.165) is 5.56 Å². The Labute approximate surface area is 133 Å². The Morgan fingerprint density at radius 3 is 2.38 bits per heavy atom. The summed E-state index contributed by atoms with van der Waals surface area (Å²) in [5, 5.41) is 4.00. The highest BCUT2D eigenvalue weighted by molar-refractivity contribution is 6.35. The molecule has 2 aromatic rings. The van der Waals surface area contributed by atoms with Gasteiger partial charge in [-0.15, -0.1) is 0 Å². The molecule has 0 aliphatic rings. The molecule has 0 radical (unpaired) electrons. The molecule has 1 amide bonds. The second-order valence-electron chi connectivity index (χ2n) is 4.59. The van der Waals surface area contributed by atoms with Crippen molar-refractivity contribution in [2.24, 2.45) is 0 Å².